The van der Waals surface area contributed by atoms with Gasteiger partial charge in [0.05, 0.1) is 18.3 Å². The van der Waals surface area contributed by atoms with Crippen molar-refractivity contribution < 1.29 is 19.2 Å². The quantitative estimate of drug-likeness (QED) is 0.327. The summed E-state index contributed by atoms with van der Waals surface area (Å²) in [7, 11) is 1.68. The van der Waals surface area contributed by atoms with Crippen LogP contribution < -0.4 is 9.64 Å². The van der Waals surface area contributed by atoms with Crippen molar-refractivity contribution in [3.8, 4) is 5.75 Å². The SMILES string of the molecule is CCN(CC)c1ccc(C2=C(O)C(=C3C=CC(=[N+](CC)CCCc4ccc(OC)cc4)C=C3)C2=O)cc1. The summed E-state index contributed by atoms with van der Waals surface area (Å²) in [5.41, 5.74) is 5.84. The maximum absolute atomic E-state index is 13.0. The number of rotatable bonds is 10. The van der Waals surface area contributed by atoms with Gasteiger partial charge in [-0.3, -0.25) is 4.79 Å². The molecule has 0 saturated carbocycles. The molecule has 0 aromatic heterocycles. The minimum Gasteiger partial charge on any atom is -0.506 e. The fourth-order valence-corrected chi connectivity index (χ4v) is 4.94. The summed E-state index contributed by atoms with van der Waals surface area (Å²) >= 11 is 0. The van der Waals surface area contributed by atoms with Gasteiger partial charge in [0.2, 0.25) is 5.78 Å². The zero-order valence-corrected chi connectivity index (χ0v) is 22.3. The van der Waals surface area contributed by atoms with Crippen LogP contribution in [0.3, 0.4) is 0 Å². The van der Waals surface area contributed by atoms with E-state index in [0.29, 0.717) is 11.1 Å². The predicted octanol–water partition coefficient (Wildman–Crippen LogP) is 5.92. The number of nitrogens with zero attached hydrogens (tertiary/aromatic N) is 2. The highest BCUT2D eigenvalue weighted by Gasteiger charge is 2.36. The van der Waals surface area contributed by atoms with Crippen molar-refractivity contribution in [2.45, 2.75) is 33.6 Å². The van der Waals surface area contributed by atoms with Crippen LogP contribution in [0.15, 0.2) is 89.7 Å². The second-order valence-corrected chi connectivity index (χ2v) is 9.23. The first kappa shape index (κ1) is 26.2. The van der Waals surface area contributed by atoms with E-state index in [0.717, 1.165) is 67.3 Å². The van der Waals surface area contributed by atoms with Gasteiger partial charge in [-0.05, 0) is 80.3 Å². The molecule has 37 heavy (non-hydrogen) atoms. The van der Waals surface area contributed by atoms with Crippen molar-refractivity contribution in [3.63, 3.8) is 0 Å². The van der Waals surface area contributed by atoms with E-state index in [4.69, 9.17) is 4.74 Å². The number of aliphatic hydroxyl groups excluding tert-OH is 1. The van der Waals surface area contributed by atoms with Crippen LogP contribution in [0, 0.1) is 0 Å². The van der Waals surface area contributed by atoms with Crippen molar-refractivity contribution in [3.05, 3.63) is 101 Å². The van der Waals surface area contributed by atoms with Gasteiger partial charge < -0.3 is 14.7 Å². The normalized spacial score (nSPS) is 14.8. The van der Waals surface area contributed by atoms with Gasteiger partial charge >= 0.3 is 0 Å². The fraction of sp³-hybridized carbons (Fsp3) is 0.312. The molecule has 2 aliphatic carbocycles. The fourth-order valence-electron chi connectivity index (χ4n) is 4.94. The molecule has 0 bridgehead atoms. The number of Topliss-reactive ketones (excluding diaryl/α,β-unsaturated/α-hetero) is 1. The van der Waals surface area contributed by atoms with Crippen molar-refractivity contribution in [1.29, 1.82) is 0 Å². The molecule has 2 aromatic carbocycles. The zero-order valence-electron chi connectivity index (χ0n) is 22.3. The average molecular weight is 498 g/mol. The molecular formula is C32H37N2O3+. The van der Waals surface area contributed by atoms with Crippen LogP contribution in [0.25, 0.3) is 5.57 Å². The summed E-state index contributed by atoms with van der Waals surface area (Å²) < 4.78 is 7.57. The number of hydrogen-bond acceptors (Lipinski definition) is 4. The Morgan fingerprint density at radius 2 is 1.51 bits per heavy atom. The van der Waals surface area contributed by atoms with Crippen LogP contribution in [0.2, 0.25) is 0 Å². The molecule has 0 saturated heterocycles. The second-order valence-electron chi connectivity index (χ2n) is 9.23. The number of carbonyl (C=O) groups excluding carboxylic acids is 1. The largest absolute Gasteiger partial charge is 0.506 e. The third kappa shape index (κ3) is 5.61. The number of aryl methyl sites for hydroxylation is 1. The zero-order chi connectivity index (χ0) is 26.4. The number of ketones is 1. The molecule has 0 fully saturated rings. The maximum Gasteiger partial charge on any atom is 0.201 e. The molecule has 0 spiro atoms. The Hall–Kier alpha value is -3.86. The number of methoxy groups -OCH3 is 1. The lowest BCUT2D eigenvalue weighted by Gasteiger charge is -2.25. The third-order valence-corrected chi connectivity index (χ3v) is 7.17. The van der Waals surface area contributed by atoms with E-state index in [9.17, 15) is 9.90 Å². The van der Waals surface area contributed by atoms with Gasteiger partial charge in [-0.2, -0.15) is 0 Å². The number of ether oxygens (including phenoxy) is 1. The van der Waals surface area contributed by atoms with Gasteiger partial charge in [0.1, 0.15) is 24.6 Å². The van der Waals surface area contributed by atoms with Crippen molar-refractivity contribution in [2.24, 2.45) is 0 Å². The van der Waals surface area contributed by atoms with Crippen molar-refractivity contribution in [1.82, 2.24) is 0 Å². The summed E-state index contributed by atoms with van der Waals surface area (Å²) in [6, 6.07) is 16.1. The highest BCUT2D eigenvalue weighted by molar-refractivity contribution is 6.39. The van der Waals surface area contributed by atoms with E-state index in [-0.39, 0.29) is 11.5 Å². The summed E-state index contributed by atoms with van der Waals surface area (Å²) in [4.78, 5) is 15.3. The van der Waals surface area contributed by atoms with Crippen LogP contribution >= 0.6 is 0 Å². The minimum absolute atomic E-state index is 0.0835. The highest BCUT2D eigenvalue weighted by Crippen LogP contribution is 2.39. The molecule has 192 valence electrons. The lowest BCUT2D eigenvalue weighted by Crippen LogP contribution is -2.24. The number of aliphatic hydroxyl groups is 1. The molecule has 5 heteroatoms. The minimum atomic E-state index is -0.104. The molecule has 0 heterocycles. The predicted molar refractivity (Wildman–Crippen MR) is 152 cm³/mol. The summed E-state index contributed by atoms with van der Waals surface area (Å²) in [5.74, 6) is 0.857. The highest BCUT2D eigenvalue weighted by atomic mass is 16.5. The Kier molecular flexibility index (Phi) is 8.44. The monoisotopic (exact) mass is 497 g/mol. The molecule has 2 aliphatic rings. The van der Waals surface area contributed by atoms with Gasteiger partial charge in [-0.15, -0.1) is 0 Å². The van der Waals surface area contributed by atoms with E-state index in [1.807, 2.05) is 60.7 Å². The van der Waals surface area contributed by atoms with Gasteiger partial charge in [0, 0.05) is 37.3 Å². The molecule has 0 radical (unpaired) electrons. The van der Waals surface area contributed by atoms with Crippen molar-refractivity contribution >= 4 is 22.8 Å². The van der Waals surface area contributed by atoms with Crippen LogP contribution in [0.4, 0.5) is 5.69 Å². The number of allylic oxidation sites excluding steroid dienone is 7. The van der Waals surface area contributed by atoms with Crippen molar-refractivity contribution in [2.75, 3.05) is 38.2 Å². The Morgan fingerprint density at radius 3 is 2.05 bits per heavy atom. The van der Waals surface area contributed by atoms with Crippen LogP contribution in [-0.4, -0.2) is 54.5 Å². The molecule has 0 atom stereocenters. The van der Waals surface area contributed by atoms with E-state index < -0.39 is 0 Å². The van der Waals surface area contributed by atoms with Gasteiger partial charge in [0.25, 0.3) is 0 Å². The molecule has 5 nitrogen and oxygen atoms in total. The van der Waals surface area contributed by atoms with E-state index >= 15 is 0 Å². The Balaban J connectivity index is 1.45. The molecular weight excluding hydrogens is 460 g/mol. The van der Waals surface area contributed by atoms with Crippen LogP contribution in [0.1, 0.15) is 38.3 Å². The maximum atomic E-state index is 13.0. The van der Waals surface area contributed by atoms with Gasteiger partial charge in [0.15, 0.2) is 5.71 Å². The lowest BCUT2D eigenvalue weighted by atomic mass is 9.80. The van der Waals surface area contributed by atoms with Gasteiger partial charge in [-0.25, -0.2) is 4.58 Å². The van der Waals surface area contributed by atoms with Gasteiger partial charge in [-0.1, -0.05) is 24.3 Å². The second kappa shape index (κ2) is 11.9. The Morgan fingerprint density at radius 1 is 0.865 bits per heavy atom. The van der Waals surface area contributed by atoms with E-state index in [1.54, 1.807) is 7.11 Å². The molecule has 0 unspecified atom stereocenters. The average Bonchev–Trinajstić information content (AvgIpc) is 2.94. The molecule has 2 aromatic rings. The first-order valence-corrected chi connectivity index (χ1v) is 13.2. The van der Waals surface area contributed by atoms with E-state index in [2.05, 4.69) is 42.4 Å². The summed E-state index contributed by atoms with van der Waals surface area (Å²) in [6.07, 6.45) is 9.99. The summed E-state index contributed by atoms with van der Waals surface area (Å²) in [6.45, 7) is 10.1. The number of anilines is 1. The number of carbonyl (C=O) groups is 1. The number of benzene rings is 2. The standard InChI is InChI=1S/C32H36N2O3/c1-5-33(6-2)26-16-12-24(13-17-26)29-31(35)30(32(29)36)25-14-18-27(19-15-25)34(7-3)22-8-9-23-10-20-28(37-4)21-11-23/h10-21H,5-9,22H2,1-4H3/p+1. The van der Waals surface area contributed by atoms with Crippen LogP contribution in [0.5, 0.6) is 5.75 Å². The molecule has 0 aliphatic heterocycles. The lowest BCUT2D eigenvalue weighted by molar-refractivity contribution is -0.523. The topological polar surface area (TPSA) is 52.8 Å². The molecule has 1 N–H and O–H groups in total. The Bertz CT molecular complexity index is 1270. The third-order valence-electron chi connectivity index (χ3n) is 7.17. The first-order chi connectivity index (χ1) is 18.0. The smallest absolute Gasteiger partial charge is 0.201 e. The van der Waals surface area contributed by atoms with E-state index in [1.165, 1.54) is 5.56 Å². The molecule has 4 rings (SSSR count). The first-order valence-electron chi connectivity index (χ1n) is 13.2. The molecule has 0 amide bonds. The summed E-state index contributed by atoms with van der Waals surface area (Å²) in [5, 5.41) is 10.8. The number of hydrogen-bond donors (Lipinski definition) is 1. The van der Waals surface area contributed by atoms with Crippen LogP contribution in [-0.2, 0) is 11.2 Å². The Labute approximate surface area is 220 Å².